The van der Waals surface area contributed by atoms with Gasteiger partial charge in [0.1, 0.15) is 11.9 Å². The van der Waals surface area contributed by atoms with E-state index in [4.69, 9.17) is 0 Å². The van der Waals surface area contributed by atoms with Gasteiger partial charge in [-0.15, -0.1) is 0 Å². The molecule has 0 spiro atoms. The normalized spacial score (nSPS) is 13.7. The van der Waals surface area contributed by atoms with E-state index in [1.165, 1.54) is 14.0 Å². The van der Waals surface area contributed by atoms with Crippen molar-refractivity contribution in [1.29, 1.82) is 0 Å². The fourth-order valence-electron chi connectivity index (χ4n) is 1.71. The van der Waals surface area contributed by atoms with Gasteiger partial charge >= 0.3 is 5.97 Å². The highest BCUT2D eigenvalue weighted by Gasteiger charge is 2.21. The zero-order chi connectivity index (χ0) is 14.4. The molecule has 0 saturated heterocycles. The molecule has 19 heavy (non-hydrogen) atoms. The Bertz CT molecular complexity index is 438. The van der Waals surface area contributed by atoms with Crippen LogP contribution in [-0.4, -0.2) is 35.2 Å². The predicted molar refractivity (Wildman–Crippen MR) is 68.4 cm³/mol. The van der Waals surface area contributed by atoms with Crippen LogP contribution in [0.2, 0.25) is 0 Å². The third-order valence-corrected chi connectivity index (χ3v) is 2.74. The van der Waals surface area contributed by atoms with Crippen LogP contribution in [-0.2, 0) is 20.7 Å². The van der Waals surface area contributed by atoms with Crippen LogP contribution in [0.15, 0.2) is 24.3 Å². The van der Waals surface area contributed by atoms with Gasteiger partial charge in [-0.25, -0.2) is 0 Å². The zero-order valence-electron chi connectivity index (χ0n) is 11.0. The number of ether oxygens (including phenoxy) is 1. The average molecular weight is 266 g/mol. The molecule has 1 aromatic carbocycles. The van der Waals surface area contributed by atoms with E-state index in [2.05, 4.69) is 4.74 Å². The molecule has 0 amide bonds. The Balaban J connectivity index is 2.69. The molecule has 2 N–H and O–H groups in total. The third-order valence-electron chi connectivity index (χ3n) is 2.74. The van der Waals surface area contributed by atoms with E-state index in [1.54, 1.807) is 24.3 Å². The Morgan fingerprint density at radius 2 is 1.79 bits per heavy atom. The molecule has 0 aliphatic carbocycles. The van der Waals surface area contributed by atoms with Gasteiger partial charge in [0.15, 0.2) is 0 Å². The minimum absolute atomic E-state index is 0.0547. The Morgan fingerprint density at radius 3 is 2.26 bits per heavy atom. The molecule has 0 radical (unpaired) electrons. The van der Waals surface area contributed by atoms with Crippen molar-refractivity contribution in [1.82, 2.24) is 0 Å². The molecule has 0 aromatic heterocycles. The van der Waals surface area contributed by atoms with Crippen molar-refractivity contribution in [2.24, 2.45) is 0 Å². The van der Waals surface area contributed by atoms with Crippen LogP contribution >= 0.6 is 0 Å². The Labute approximate surface area is 111 Å². The number of Topliss-reactive ketones (excluding diaryl/α,β-unsaturated/α-hetero) is 1. The monoisotopic (exact) mass is 266 g/mol. The van der Waals surface area contributed by atoms with E-state index in [0.29, 0.717) is 12.0 Å². The van der Waals surface area contributed by atoms with Gasteiger partial charge < -0.3 is 14.9 Å². The number of methoxy groups -OCH3 is 1. The molecule has 104 valence electrons. The van der Waals surface area contributed by atoms with Crippen molar-refractivity contribution in [2.45, 2.75) is 32.0 Å². The van der Waals surface area contributed by atoms with E-state index in [9.17, 15) is 19.8 Å². The maximum absolute atomic E-state index is 11.0. The summed E-state index contributed by atoms with van der Waals surface area (Å²) < 4.78 is 4.42. The van der Waals surface area contributed by atoms with Crippen LogP contribution in [0.3, 0.4) is 0 Å². The molecule has 5 nitrogen and oxygen atoms in total. The number of carbonyl (C=O) groups excluding carboxylic acids is 2. The Hall–Kier alpha value is -1.72. The fourth-order valence-corrected chi connectivity index (χ4v) is 1.71. The molecular weight excluding hydrogens is 248 g/mol. The molecule has 0 heterocycles. The number of ketones is 1. The summed E-state index contributed by atoms with van der Waals surface area (Å²) in [6.45, 7) is 1.50. The lowest BCUT2D eigenvalue weighted by Gasteiger charge is -2.17. The fraction of sp³-hybridized carbons (Fsp3) is 0.429. The van der Waals surface area contributed by atoms with Gasteiger partial charge in [0.2, 0.25) is 0 Å². The second-order valence-corrected chi connectivity index (χ2v) is 4.41. The first kappa shape index (κ1) is 15.3. The number of hydrogen-bond donors (Lipinski definition) is 2. The third kappa shape index (κ3) is 4.81. The van der Waals surface area contributed by atoms with Gasteiger partial charge in [0, 0.05) is 6.42 Å². The van der Waals surface area contributed by atoms with Crippen LogP contribution in [0.4, 0.5) is 0 Å². The van der Waals surface area contributed by atoms with Crippen molar-refractivity contribution < 1.29 is 24.5 Å². The van der Waals surface area contributed by atoms with Gasteiger partial charge in [-0.2, -0.15) is 0 Å². The first-order chi connectivity index (χ1) is 8.93. The number of aliphatic hydroxyl groups excluding tert-OH is 2. The van der Waals surface area contributed by atoms with E-state index >= 15 is 0 Å². The van der Waals surface area contributed by atoms with Crippen LogP contribution in [0.5, 0.6) is 0 Å². The molecule has 5 heteroatoms. The molecule has 1 rings (SSSR count). The van der Waals surface area contributed by atoms with Crippen molar-refractivity contribution in [2.75, 3.05) is 7.11 Å². The summed E-state index contributed by atoms with van der Waals surface area (Å²) in [7, 11) is 1.22. The van der Waals surface area contributed by atoms with E-state index in [0.717, 1.165) is 5.56 Å². The number of esters is 1. The van der Waals surface area contributed by atoms with Crippen LogP contribution in [0.25, 0.3) is 0 Å². The molecule has 0 fully saturated rings. The summed E-state index contributed by atoms with van der Waals surface area (Å²) in [5, 5.41) is 19.6. The molecule has 2 atom stereocenters. The molecule has 0 saturated carbocycles. The number of benzene rings is 1. The maximum atomic E-state index is 11.0. The molecule has 2 unspecified atom stereocenters. The van der Waals surface area contributed by atoms with Crippen molar-refractivity contribution >= 4 is 11.8 Å². The number of rotatable bonds is 6. The quantitative estimate of drug-likeness (QED) is 0.743. The SMILES string of the molecule is COC(=O)CC(O)C(O)c1ccc(CC(C)=O)cc1. The predicted octanol–water partition coefficient (Wildman–Crippen LogP) is 0.776. The first-order valence-electron chi connectivity index (χ1n) is 5.95. The smallest absolute Gasteiger partial charge is 0.308 e. The van der Waals surface area contributed by atoms with E-state index in [-0.39, 0.29) is 12.2 Å². The van der Waals surface area contributed by atoms with Gasteiger partial charge in [0.05, 0.1) is 19.6 Å². The highest BCUT2D eigenvalue weighted by atomic mass is 16.5. The lowest BCUT2D eigenvalue weighted by molar-refractivity contribution is -0.144. The topological polar surface area (TPSA) is 83.8 Å². The second-order valence-electron chi connectivity index (χ2n) is 4.41. The zero-order valence-corrected chi connectivity index (χ0v) is 11.0. The highest BCUT2D eigenvalue weighted by Crippen LogP contribution is 2.20. The minimum atomic E-state index is -1.22. The molecule has 0 aliphatic rings. The maximum Gasteiger partial charge on any atom is 0.308 e. The second kappa shape index (κ2) is 7.01. The standard InChI is InChI=1S/C14H18O5/c1-9(15)7-10-3-5-11(6-4-10)14(18)12(16)8-13(17)19-2/h3-6,12,14,16,18H,7-8H2,1-2H3. The minimum Gasteiger partial charge on any atom is -0.469 e. The summed E-state index contributed by atoms with van der Waals surface area (Å²) in [6.07, 6.45) is -2.31. The van der Waals surface area contributed by atoms with Crippen molar-refractivity contribution in [3.63, 3.8) is 0 Å². The lowest BCUT2D eigenvalue weighted by Crippen LogP contribution is -2.22. The summed E-state index contributed by atoms with van der Waals surface area (Å²) in [5.74, 6) is -0.529. The van der Waals surface area contributed by atoms with Crippen LogP contribution < -0.4 is 0 Å². The Kier molecular flexibility index (Phi) is 5.66. The van der Waals surface area contributed by atoms with Gasteiger partial charge in [-0.05, 0) is 18.1 Å². The first-order valence-corrected chi connectivity index (χ1v) is 5.95. The molecular formula is C14H18O5. The van der Waals surface area contributed by atoms with E-state index in [1.807, 2.05) is 0 Å². The number of aliphatic hydroxyl groups is 2. The molecule has 0 aliphatic heterocycles. The largest absolute Gasteiger partial charge is 0.469 e. The van der Waals surface area contributed by atoms with Crippen LogP contribution in [0, 0.1) is 0 Å². The summed E-state index contributed by atoms with van der Waals surface area (Å²) in [4.78, 5) is 22.0. The summed E-state index contributed by atoms with van der Waals surface area (Å²) in [5.41, 5.74) is 1.33. The van der Waals surface area contributed by atoms with Crippen molar-refractivity contribution in [3.05, 3.63) is 35.4 Å². The molecule has 1 aromatic rings. The summed E-state index contributed by atoms with van der Waals surface area (Å²) in [6, 6.07) is 6.68. The number of carbonyl (C=O) groups is 2. The van der Waals surface area contributed by atoms with Gasteiger partial charge in [0.25, 0.3) is 0 Å². The van der Waals surface area contributed by atoms with Crippen molar-refractivity contribution in [3.8, 4) is 0 Å². The summed E-state index contributed by atoms with van der Waals surface area (Å²) >= 11 is 0. The Morgan fingerprint density at radius 1 is 1.21 bits per heavy atom. The van der Waals surface area contributed by atoms with Gasteiger partial charge in [-0.3, -0.25) is 9.59 Å². The lowest BCUT2D eigenvalue weighted by atomic mass is 9.99. The molecule has 0 bridgehead atoms. The number of hydrogen-bond acceptors (Lipinski definition) is 5. The van der Waals surface area contributed by atoms with Gasteiger partial charge in [-0.1, -0.05) is 24.3 Å². The van der Waals surface area contributed by atoms with Crippen LogP contribution in [0.1, 0.15) is 30.6 Å². The van der Waals surface area contributed by atoms with E-state index < -0.39 is 18.2 Å². The highest BCUT2D eigenvalue weighted by molar-refractivity contribution is 5.78. The average Bonchev–Trinajstić information content (AvgIpc) is 2.37.